The number of aromatic nitrogens is 3. The maximum absolute atomic E-state index is 4.34. The SMILES string of the molecule is c1ccc(-c2cc3ncnc(N=NCc4cccnc4)c3s2)cc1. The standard InChI is InChI=1S/C18H13N5S/c1-2-6-14(7-3-1)16-9-15-17(24-16)18(21-12-20-15)23-22-11-13-5-4-8-19-10-13/h1-10,12H,11H2. The van der Waals surface area contributed by atoms with Gasteiger partial charge in [-0.15, -0.1) is 16.5 Å². The second kappa shape index (κ2) is 6.64. The van der Waals surface area contributed by atoms with Gasteiger partial charge in [-0.1, -0.05) is 36.4 Å². The molecule has 0 N–H and O–H groups in total. The van der Waals surface area contributed by atoms with Gasteiger partial charge in [-0.25, -0.2) is 9.97 Å². The van der Waals surface area contributed by atoms with Crippen LogP contribution < -0.4 is 0 Å². The van der Waals surface area contributed by atoms with Crippen LogP contribution in [0.15, 0.2) is 77.5 Å². The molecule has 0 amide bonds. The second-order valence-electron chi connectivity index (χ2n) is 5.15. The molecule has 3 aromatic heterocycles. The van der Waals surface area contributed by atoms with E-state index >= 15 is 0 Å². The minimum atomic E-state index is 0.482. The van der Waals surface area contributed by atoms with Crippen molar-refractivity contribution in [2.75, 3.05) is 0 Å². The molecule has 0 aliphatic rings. The van der Waals surface area contributed by atoms with Crippen LogP contribution in [-0.4, -0.2) is 15.0 Å². The number of thiophene rings is 1. The summed E-state index contributed by atoms with van der Waals surface area (Å²) in [5.41, 5.74) is 3.07. The molecule has 116 valence electrons. The Labute approximate surface area is 142 Å². The molecule has 0 saturated heterocycles. The lowest BCUT2D eigenvalue weighted by molar-refractivity contribution is 0.939. The fraction of sp³-hybridized carbons (Fsp3) is 0.0556. The zero-order valence-electron chi connectivity index (χ0n) is 12.7. The monoisotopic (exact) mass is 331 g/mol. The zero-order valence-corrected chi connectivity index (χ0v) is 13.5. The highest BCUT2D eigenvalue weighted by atomic mass is 32.1. The molecule has 4 aromatic rings. The lowest BCUT2D eigenvalue weighted by Gasteiger charge is -1.95. The van der Waals surface area contributed by atoms with Crippen molar-refractivity contribution in [3.05, 3.63) is 72.8 Å². The molecule has 0 fully saturated rings. The van der Waals surface area contributed by atoms with E-state index in [0.717, 1.165) is 20.7 Å². The summed E-state index contributed by atoms with van der Waals surface area (Å²) in [4.78, 5) is 13.8. The molecule has 0 atom stereocenters. The number of fused-ring (bicyclic) bond motifs is 1. The van der Waals surface area contributed by atoms with Crippen LogP contribution in [0.5, 0.6) is 0 Å². The first-order valence-electron chi connectivity index (χ1n) is 7.46. The summed E-state index contributed by atoms with van der Waals surface area (Å²) in [6, 6.07) is 16.2. The van der Waals surface area contributed by atoms with E-state index in [-0.39, 0.29) is 0 Å². The zero-order chi connectivity index (χ0) is 16.2. The van der Waals surface area contributed by atoms with Gasteiger partial charge in [0.2, 0.25) is 0 Å². The molecule has 0 saturated carbocycles. The first kappa shape index (κ1) is 14.6. The van der Waals surface area contributed by atoms with Gasteiger partial charge in [0.1, 0.15) is 6.33 Å². The van der Waals surface area contributed by atoms with E-state index in [4.69, 9.17) is 0 Å². The van der Waals surface area contributed by atoms with E-state index in [9.17, 15) is 0 Å². The smallest absolute Gasteiger partial charge is 0.195 e. The Kier molecular flexibility index (Phi) is 4.04. The molecule has 24 heavy (non-hydrogen) atoms. The Morgan fingerprint density at radius 3 is 2.75 bits per heavy atom. The van der Waals surface area contributed by atoms with Gasteiger partial charge in [0.05, 0.1) is 16.8 Å². The fourth-order valence-electron chi connectivity index (χ4n) is 2.33. The molecule has 0 aliphatic carbocycles. The van der Waals surface area contributed by atoms with Crippen molar-refractivity contribution in [3.63, 3.8) is 0 Å². The minimum Gasteiger partial charge on any atom is -0.264 e. The molecule has 6 heteroatoms. The number of hydrogen-bond acceptors (Lipinski definition) is 6. The van der Waals surface area contributed by atoms with Gasteiger partial charge in [0, 0.05) is 17.3 Å². The molecule has 0 aliphatic heterocycles. The molecular weight excluding hydrogens is 318 g/mol. The Bertz CT molecular complexity index is 980. The van der Waals surface area contributed by atoms with Gasteiger partial charge in [0.15, 0.2) is 5.82 Å². The molecule has 0 radical (unpaired) electrons. The molecule has 4 rings (SSSR count). The summed E-state index contributed by atoms with van der Waals surface area (Å²) < 4.78 is 0.950. The Morgan fingerprint density at radius 2 is 1.92 bits per heavy atom. The van der Waals surface area contributed by atoms with Crippen LogP contribution in [0.25, 0.3) is 20.7 Å². The number of azo groups is 1. The van der Waals surface area contributed by atoms with E-state index < -0.39 is 0 Å². The highest BCUT2D eigenvalue weighted by Crippen LogP contribution is 2.36. The van der Waals surface area contributed by atoms with Crippen LogP contribution in [0.3, 0.4) is 0 Å². The van der Waals surface area contributed by atoms with Crippen molar-refractivity contribution >= 4 is 27.4 Å². The predicted octanol–water partition coefficient (Wildman–Crippen LogP) is 5.04. The topological polar surface area (TPSA) is 63.4 Å². The average molecular weight is 331 g/mol. The lowest BCUT2D eigenvalue weighted by atomic mass is 10.2. The van der Waals surface area contributed by atoms with Crippen molar-refractivity contribution in [2.24, 2.45) is 10.2 Å². The second-order valence-corrected chi connectivity index (χ2v) is 6.20. The third-order valence-corrected chi connectivity index (χ3v) is 4.66. The van der Waals surface area contributed by atoms with Crippen molar-refractivity contribution in [3.8, 4) is 10.4 Å². The van der Waals surface area contributed by atoms with Crippen LogP contribution in [0.2, 0.25) is 0 Å². The highest BCUT2D eigenvalue weighted by molar-refractivity contribution is 7.22. The number of hydrogen-bond donors (Lipinski definition) is 0. The van der Waals surface area contributed by atoms with Crippen molar-refractivity contribution in [1.82, 2.24) is 15.0 Å². The van der Waals surface area contributed by atoms with Crippen LogP contribution >= 0.6 is 11.3 Å². The van der Waals surface area contributed by atoms with E-state index in [2.05, 4.69) is 43.4 Å². The first-order chi connectivity index (χ1) is 11.9. The normalized spacial score (nSPS) is 11.3. The van der Waals surface area contributed by atoms with E-state index in [1.165, 1.54) is 11.9 Å². The van der Waals surface area contributed by atoms with Gasteiger partial charge < -0.3 is 0 Å². The van der Waals surface area contributed by atoms with Crippen LogP contribution in [0, 0.1) is 0 Å². The van der Waals surface area contributed by atoms with Gasteiger partial charge in [-0.3, -0.25) is 4.98 Å². The summed E-state index contributed by atoms with van der Waals surface area (Å²) in [6.45, 7) is 0.482. The number of nitrogens with zero attached hydrogens (tertiary/aromatic N) is 5. The van der Waals surface area contributed by atoms with E-state index in [1.807, 2.05) is 30.3 Å². The fourth-order valence-corrected chi connectivity index (χ4v) is 3.38. The summed E-state index contributed by atoms with van der Waals surface area (Å²) in [5, 5.41) is 8.54. The summed E-state index contributed by atoms with van der Waals surface area (Å²) in [6.07, 6.45) is 5.06. The van der Waals surface area contributed by atoms with E-state index in [0.29, 0.717) is 12.4 Å². The number of benzene rings is 1. The Balaban J connectivity index is 1.65. The van der Waals surface area contributed by atoms with Crippen LogP contribution in [0.4, 0.5) is 5.82 Å². The molecule has 5 nitrogen and oxygen atoms in total. The number of rotatable bonds is 4. The quantitative estimate of drug-likeness (QED) is 0.492. The molecule has 1 aromatic carbocycles. The van der Waals surface area contributed by atoms with Crippen LogP contribution in [-0.2, 0) is 6.54 Å². The summed E-state index contributed by atoms with van der Waals surface area (Å²) in [7, 11) is 0. The summed E-state index contributed by atoms with van der Waals surface area (Å²) in [5.74, 6) is 0.607. The van der Waals surface area contributed by atoms with Gasteiger partial charge >= 0.3 is 0 Å². The van der Waals surface area contributed by atoms with Gasteiger partial charge in [-0.2, -0.15) is 5.11 Å². The minimum absolute atomic E-state index is 0.482. The third kappa shape index (κ3) is 3.04. The van der Waals surface area contributed by atoms with Crippen LogP contribution in [0.1, 0.15) is 5.56 Å². The lowest BCUT2D eigenvalue weighted by Crippen LogP contribution is -1.81. The number of pyridine rings is 1. The van der Waals surface area contributed by atoms with Crippen molar-refractivity contribution < 1.29 is 0 Å². The molecule has 0 bridgehead atoms. The predicted molar refractivity (Wildman–Crippen MR) is 95.3 cm³/mol. The van der Waals surface area contributed by atoms with E-state index in [1.54, 1.807) is 23.7 Å². The molecule has 3 heterocycles. The molecule has 0 unspecified atom stereocenters. The highest BCUT2D eigenvalue weighted by Gasteiger charge is 2.09. The molecule has 0 spiro atoms. The third-order valence-electron chi connectivity index (χ3n) is 3.49. The van der Waals surface area contributed by atoms with Crippen molar-refractivity contribution in [1.29, 1.82) is 0 Å². The Morgan fingerprint density at radius 1 is 1.00 bits per heavy atom. The first-order valence-corrected chi connectivity index (χ1v) is 8.28. The maximum atomic E-state index is 4.34. The van der Waals surface area contributed by atoms with Gasteiger partial charge in [-0.05, 0) is 23.3 Å². The van der Waals surface area contributed by atoms with Gasteiger partial charge in [0.25, 0.3) is 0 Å². The maximum Gasteiger partial charge on any atom is 0.195 e. The molecular formula is C18H13N5S. The average Bonchev–Trinajstić information content (AvgIpc) is 3.09. The Hall–Kier alpha value is -2.99. The summed E-state index contributed by atoms with van der Waals surface area (Å²) >= 11 is 1.63. The largest absolute Gasteiger partial charge is 0.264 e. The van der Waals surface area contributed by atoms with Crippen molar-refractivity contribution in [2.45, 2.75) is 6.54 Å².